The molecule has 47 heavy (non-hydrogen) atoms. The summed E-state index contributed by atoms with van der Waals surface area (Å²) in [4.78, 5) is 17.2. The number of ketones is 1. The molecule has 19 nitrogen and oxygen atoms in total. The number of aliphatic imine (C=N–C) groups is 1. The molecule has 0 aromatic rings. The first-order valence-electron chi connectivity index (χ1n) is 15.8. The molecule has 0 spiro atoms. The number of guanidine groups is 1. The first kappa shape index (κ1) is 38.1. The Morgan fingerprint density at radius 1 is 1.00 bits per heavy atom. The first-order valence-corrected chi connectivity index (χ1v) is 15.8. The molecule has 2 heterocycles. The van der Waals surface area contributed by atoms with E-state index in [1.165, 1.54) is 14.0 Å². The highest BCUT2D eigenvalue weighted by molar-refractivity contribution is 5.92. The molecule has 3 unspecified atom stereocenters. The SMILES string of the molecule is CN[C@@H]1[C@@H](O)[C@@H](O[C@H]2[C@H](CC(=O)C3(O)CC3N=C(N)N)C[C@H](N)C(O[C@H]3O[C@H](CNCCCO)[C@@H](O)[C@H](O)[C@H]3O)[C@@H]2O)OC[C@]1(C)O. The standard InChI is InChI=1S/C28H52N6O13/c1-27(42)10-44-24(20(41)23(27)32-2)46-21-11(7-15(36)28(43)8-14(28)34-26(30)31)6-12(29)22(19(21)40)47-25-18(39)17(38)16(37)13(45-25)9-33-4-3-5-35/h11-14,16-25,32-33,35,37-43H,3-10,29H2,1-2H3,(H4,30,31,34)/t11-,12-,13+,14?,16+,17-,18+,19+,20+,21-,22?,23+,24+,25+,27-,28?/m0/s1. The van der Waals surface area contributed by atoms with Gasteiger partial charge in [0, 0.05) is 32.0 Å². The number of carbonyl (C=O) groups is 1. The van der Waals surface area contributed by atoms with Gasteiger partial charge in [0.2, 0.25) is 0 Å². The second kappa shape index (κ2) is 15.5. The van der Waals surface area contributed by atoms with E-state index in [4.69, 9.17) is 41.3 Å². The minimum absolute atomic E-state index is 0.00713. The Hall–Kier alpha value is -1.66. The lowest BCUT2D eigenvalue weighted by Crippen LogP contribution is -2.67. The van der Waals surface area contributed by atoms with Crippen molar-refractivity contribution in [2.75, 3.05) is 33.4 Å². The van der Waals surface area contributed by atoms with Crippen molar-refractivity contribution < 1.29 is 64.6 Å². The van der Waals surface area contributed by atoms with Gasteiger partial charge in [-0.2, -0.15) is 0 Å². The van der Waals surface area contributed by atoms with Crippen LogP contribution in [0.25, 0.3) is 0 Å². The van der Waals surface area contributed by atoms with Crippen molar-refractivity contribution in [2.45, 2.75) is 123 Å². The van der Waals surface area contributed by atoms with Gasteiger partial charge in [0.1, 0.15) is 53.9 Å². The van der Waals surface area contributed by atoms with E-state index in [0.717, 1.165) is 0 Å². The van der Waals surface area contributed by atoms with Gasteiger partial charge in [-0.25, -0.2) is 4.99 Å². The fourth-order valence-electron chi connectivity index (χ4n) is 6.71. The molecule has 0 bridgehead atoms. The van der Waals surface area contributed by atoms with Crippen LogP contribution in [0.5, 0.6) is 0 Å². The lowest BCUT2D eigenvalue weighted by Gasteiger charge is -2.49. The highest BCUT2D eigenvalue weighted by Gasteiger charge is 2.60. The number of nitrogens with two attached hydrogens (primary N) is 3. The zero-order valence-electron chi connectivity index (χ0n) is 26.5. The molecule has 4 fully saturated rings. The lowest BCUT2D eigenvalue weighted by molar-refractivity contribution is -0.333. The fraction of sp³-hybridized carbons (Fsp3) is 0.929. The summed E-state index contributed by atoms with van der Waals surface area (Å²) in [5, 5.41) is 90.8. The molecule has 4 rings (SSSR count). The summed E-state index contributed by atoms with van der Waals surface area (Å²) in [6, 6.07) is -2.73. The third kappa shape index (κ3) is 8.39. The molecule has 16 N–H and O–H groups in total. The van der Waals surface area contributed by atoms with Crippen molar-refractivity contribution in [3.63, 3.8) is 0 Å². The van der Waals surface area contributed by atoms with E-state index in [-0.39, 0.29) is 45.0 Å². The second-order valence-corrected chi connectivity index (χ2v) is 13.3. The van der Waals surface area contributed by atoms with E-state index in [0.29, 0.717) is 13.0 Å². The molecule has 272 valence electrons. The number of carbonyl (C=O) groups excluding carboxylic acids is 1. The molecule has 2 saturated heterocycles. The molecule has 2 saturated carbocycles. The Kier molecular flexibility index (Phi) is 12.6. The topological polar surface area (TPSA) is 330 Å². The highest BCUT2D eigenvalue weighted by Crippen LogP contribution is 2.43. The highest BCUT2D eigenvalue weighted by atomic mass is 16.7. The lowest BCUT2D eigenvalue weighted by atomic mass is 9.76. The minimum atomic E-state index is -1.83. The van der Waals surface area contributed by atoms with Gasteiger partial charge in [-0.05, 0) is 39.3 Å². The number of aliphatic hydroxyl groups is 8. The van der Waals surface area contributed by atoms with Crippen molar-refractivity contribution in [2.24, 2.45) is 28.1 Å². The molecule has 19 heteroatoms. The predicted molar refractivity (Wildman–Crippen MR) is 161 cm³/mol. The van der Waals surface area contributed by atoms with Crippen LogP contribution in [0.1, 0.15) is 32.6 Å². The van der Waals surface area contributed by atoms with Crippen LogP contribution in [0.2, 0.25) is 0 Å². The third-order valence-corrected chi connectivity index (χ3v) is 9.52. The van der Waals surface area contributed by atoms with Crippen molar-refractivity contribution in [3.05, 3.63) is 0 Å². The summed E-state index contributed by atoms with van der Waals surface area (Å²) in [6.07, 6.45) is -14.5. The van der Waals surface area contributed by atoms with Crippen LogP contribution in [-0.2, 0) is 23.7 Å². The number of Topliss-reactive ketones (excluding diaryl/α,β-unsaturated/α-hetero) is 1. The average molecular weight is 681 g/mol. The Morgan fingerprint density at radius 3 is 2.32 bits per heavy atom. The van der Waals surface area contributed by atoms with Gasteiger partial charge in [0.25, 0.3) is 0 Å². The number of nitrogens with zero attached hydrogens (tertiary/aromatic N) is 1. The summed E-state index contributed by atoms with van der Waals surface area (Å²) >= 11 is 0. The zero-order chi connectivity index (χ0) is 34.8. The average Bonchev–Trinajstić information content (AvgIpc) is 3.66. The van der Waals surface area contributed by atoms with E-state index in [1.807, 2.05) is 0 Å². The van der Waals surface area contributed by atoms with E-state index in [2.05, 4.69) is 15.6 Å². The Morgan fingerprint density at radius 2 is 1.68 bits per heavy atom. The zero-order valence-corrected chi connectivity index (χ0v) is 26.5. The van der Waals surface area contributed by atoms with Crippen LogP contribution < -0.4 is 27.8 Å². The van der Waals surface area contributed by atoms with Crippen LogP contribution in [0.3, 0.4) is 0 Å². The molecular weight excluding hydrogens is 628 g/mol. The van der Waals surface area contributed by atoms with E-state index in [1.54, 1.807) is 0 Å². The molecule has 2 aliphatic heterocycles. The van der Waals surface area contributed by atoms with Gasteiger partial charge in [-0.1, -0.05) is 0 Å². The third-order valence-electron chi connectivity index (χ3n) is 9.52. The molecule has 0 radical (unpaired) electrons. The van der Waals surface area contributed by atoms with Crippen molar-refractivity contribution in [3.8, 4) is 0 Å². The number of hydrogen-bond acceptors (Lipinski definition) is 17. The second-order valence-electron chi connectivity index (χ2n) is 13.3. The number of aliphatic hydroxyl groups excluding tert-OH is 6. The van der Waals surface area contributed by atoms with E-state index in [9.17, 15) is 40.5 Å². The van der Waals surface area contributed by atoms with Crippen LogP contribution >= 0.6 is 0 Å². The van der Waals surface area contributed by atoms with Crippen LogP contribution in [0.4, 0.5) is 0 Å². The predicted octanol–water partition coefficient (Wildman–Crippen LogP) is -6.96. The first-order chi connectivity index (χ1) is 22.0. The fourth-order valence-corrected chi connectivity index (χ4v) is 6.71. The molecule has 2 aliphatic carbocycles. The number of rotatable bonds is 14. The molecule has 0 amide bonds. The summed E-state index contributed by atoms with van der Waals surface area (Å²) in [5.41, 5.74) is 14.0. The summed E-state index contributed by atoms with van der Waals surface area (Å²) in [7, 11) is 1.53. The van der Waals surface area contributed by atoms with Gasteiger partial charge in [-0.15, -0.1) is 0 Å². The quantitative estimate of drug-likeness (QED) is 0.0460. The van der Waals surface area contributed by atoms with Crippen molar-refractivity contribution >= 4 is 11.7 Å². The molecule has 0 aromatic carbocycles. The Balaban J connectivity index is 1.54. The largest absolute Gasteiger partial charge is 0.396 e. The Labute approximate surface area is 272 Å². The smallest absolute Gasteiger partial charge is 0.187 e. The number of ether oxygens (including phenoxy) is 4. The van der Waals surface area contributed by atoms with Gasteiger partial charge in [0.15, 0.2) is 24.3 Å². The molecular formula is C28H52N6O13. The number of nitrogens with one attached hydrogen (secondary N) is 2. The maximum atomic E-state index is 13.3. The van der Waals surface area contributed by atoms with Crippen LogP contribution in [-0.4, -0.2) is 177 Å². The van der Waals surface area contributed by atoms with Crippen molar-refractivity contribution in [1.29, 1.82) is 0 Å². The van der Waals surface area contributed by atoms with Crippen LogP contribution in [0.15, 0.2) is 4.99 Å². The number of hydrogen-bond donors (Lipinski definition) is 13. The van der Waals surface area contributed by atoms with Gasteiger partial charge in [0.05, 0.1) is 24.8 Å². The minimum Gasteiger partial charge on any atom is -0.396 e. The summed E-state index contributed by atoms with van der Waals surface area (Å²) in [6.45, 7) is 1.58. The van der Waals surface area contributed by atoms with Gasteiger partial charge in [-0.3, -0.25) is 4.79 Å². The molecule has 16 atom stereocenters. The normalized spacial score (nSPS) is 47.0. The summed E-state index contributed by atoms with van der Waals surface area (Å²) in [5.74, 6) is -1.76. The van der Waals surface area contributed by atoms with Gasteiger partial charge >= 0.3 is 0 Å². The Bertz CT molecular complexity index is 1090. The van der Waals surface area contributed by atoms with Crippen LogP contribution in [0, 0.1) is 5.92 Å². The summed E-state index contributed by atoms with van der Waals surface area (Å²) < 4.78 is 23.5. The van der Waals surface area contributed by atoms with Crippen molar-refractivity contribution in [1.82, 2.24) is 10.6 Å². The van der Waals surface area contributed by atoms with Gasteiger partial charge < -0.3 is 87.6 Å². The maximum absolute atomic E-state index is 13.3. The molecule has 4 aliphatic rings. The van der Waals surface area contributed by atoms with E-state index >= 15 is 0 Å². The maximum Gasteiger partial charge on any atom is 0.187 e. The number of likely N-dealkylation sites (N-methyl/N-ethyl adjacent to an activating group) is 1. The van der Waals surface area contributed by atoms with E-state index < -0.39 is 102 Å². The molecule has 0 aromatic heterocycles. The monoisotopic (exact) mass is 680 g/mol.